The highest BCUT2D eigenvalue weighted by Crippen LogP contribution is 2.27. The molecule has 0 saturated carbocycles. The van der Waals surface area contributed by atoms with Gasteiger partial charge in [0, 0.05) is 32.4 Å². The van der Waals surface area contributed by atoms with E-state index in [2.05, 4.69) is 4.98 Å². The Morgan fingerprint density at radius 1 is 1.21 bits per heavy atom. The van der Waals surface area contributed by atoms with Crippen molar-refractivity contribution in [1.29, 1.82) is 0 Å². The summed E-state index contributed by atoms with van der Waals surface area (Å²) >= 11 is 0. The monoisotopic (exact) mass is 345 g/mol. The number of pyridine rings is 1. The Labute approximate surface area is 141 Å². The van der Waals surface area contributed by atoms with Crippen LogP contribution in [-0.2, 0) is 16.4 Å². The van der Waals surface area contributed by atoms with Crippen molar-refractivity contribution in [2.75, 3.05) is 25.5 Å². The first-order valence-corrected chi connectivity index (χ1v) is 9.13. The highest BCUT2D eigenvalue weighted by atomic mass is 32.2. The van der Waals surface area contributed by atoms with Gasteiger partial charge in [0.05, 0.1) is 16.3 Å². The van der Waals surface area contributed by atoms with E-state index in [1.165, 1.54) is 26.2 Å². The fourth-order valence-corrected chi connectivity index (χ4v) is 3.71. The third-order valence-electron chi connectivity index (χ3n) is 4.06. The second kappa shape index (κ2) is 6.33. The van der Waals surface area contributed by atoms with E-state index in [1.807, 2.05) is 6.07 Å². The summed E-state index contributed by atoms with van der Waals surface area (Å²) in [7, 11) is -0.637. The van der Waals surface area contributed by atoms with Crippen LogP contribution in [0.15, 0.2) is 47.5 Å². The summed E-state index contributed by atoms with van der Waals surface area (Å²) in [6, 6.07) is 9.84. The summed E-state index contributed by atoms with van der Waals surface area (Å²) < 4.78 is 25.7. The molecule has 1 aliphatic heterocycles. The topological polar surface area (TPSA) is 70.6 Å². The van der Waals surface area contributed by atoms with Crippen LogP contribution in [0.3, 0.4) is 0 Å². The average Bonchev–Trinajstić information content (AvgIpc) is 2.60. The van der Waals surface area contributed by atoms with Crippen LogP contribution < -0.4 is 4.90 Å². The van der Waals surface area contributed by atoms with Gasteiger partial charge in [0.1, 0.15) is 0 Å². The van der Waals surface area contributed by atoms with Gasteiger partial charge in [-0.3, -0.25) is 9.78 Å². The van der Waals surface area contributed by atoms with E-state index in [0.29, 0.717) is 12.1 Å². The minimum atomic E-state index is -3.57. The predicted molar refractivity (Wildman–Crippen MR) is 91.5 cm³/mol. The molecule has 24 heavy (non-hydrogen) atoms. The van der Waals surface area contributed by atoms with Gasteiger partial charge in [-0.25, -0.2) is 12.7 Å². The maximum absolute atomic E-state index is 12.9. The quantitative estimate of drug-likeness (QED) is 0.852. The van der Waals surface area contributed by atoms with Gasteiger partial charge in [-0.2, -0.15) is 0 Å². The Kier molecular flexibility index (Phi) is 4.38. The maximum atomic E-state index is 12.9. The molecule has 0 radical (unpaired) electrons. The molecule has 0 saturated heterocycles. The van der Waals surface area contributed by atoms with Crippen LogP contribution >= 0.6 is 0 Å². The molecule has 0 bridgehead atoms. The summed E-state index contributed by atoms with van der Waals surface area (Å²) in [5, 5.41) is 0. The van der Waals surface area contributed by atoms with Crippen LogP contribution in [0.25, 0.3) is 0 Å². The number of hydrogen-bond donors (Lipinski definition) is 0. The van der Waals surface area contributed by atoms with Crippen LogP contribution in [0.1, 0.15) is 22.5 Å². The lowest BCUT2D eigenvalue weighted by atomic mass is 10.1. The molecule has 0 unspecified atom stereocenters. The Hall–Kier alpha value is -2.25. The highest BCUT2D eigenvalue weighted by Gasteiger charge is 2.25. The number of rotatable bonds is 3. The summed E-state index contributed by atoms with van der Waals surface area (Å²) in [6.45, 7) is 0.599. The van der Waals surface area contributed by atoms with Crippen molar-refractivity contribution in [3.63, 3.8) is 0 Å². The van der Waals surface area contributed by atoms with E-state index in [1.54, 1.807) is 29.3 Å². The van der Waals surface area contributed by atoms with Gasteiger partial charge >= 0.3 is 0 Å². The van der Waals surface area contributed by atoms with E-state index >= 15 is 0 Å². The Bertz CT molecular complexity index is 878. The van der Waals surface area contributed by atoms with Crippen LogP contribution in [0.5, 0.6) is 0 Å². The van der Waals surface area contributed by atoms with Crippen LogP contribution in [0.4, 0.5) is 5.69 Å². The number of hydrogen-bond acceptors (Lipinski definition) is 4. The Balaban J connectivity index is 1.98. The third-order valence-corrected chi connectivity index (χ3v) is 5.87. The van der Waals surface area contributed by atoms with Gasteiger partial charge in [-0.1, -0.05) is 6.07 Å². The van der Waals surface area contributed by atoms with Crippen molar-refractivity contribution < 1.29 is 13.2 Å². The molecule has 1 aromatic heterocycles. The number of aryl methyl sites for hydroxylation is 1. The number of nitrogens with zero attached hydrogens (tertiary/aromatic N) is 3. The Morgan fingerprint density at radius 3 is 2.75 bits per heavy atom. The molecular weight excluding hydrogens is 326 g/mol. The summed E-state index contributed by atoms with van der Waals surface area (Å²) in [5.74, 6) is -0.209. The van der Waals surface area contributed by atoms with E-state index in [9.17, 15) is 13.2 Å². The molecule has 0 spiro atoms. The number of sulfonamides is 1. The maximum Gasteiger partial charge on any atom is 0.258 e. The van der Waals surface area contributed by atoms with Gasteiger partial charge in [-0.15, -0.1) is 0 Å². The number of aromatic nitrogens is 1. The van der Waals surface area contributed by atoms with Crippen molar-refractivity contribution in [3.05, 3.63) is 53.9 Å². The number of benzene rings is 1. The number of carbonyl (C=O) groups excluding carboxylic acids is 1. The number of anilines is 1. The lowest BCUT2D eigenvalue weighted by molar-refractivity contribution is 0.0984. The van der Waals surface area contributed by atoms with Crippen molar-refractivity contribution in [2.45, 2.75) is 17.7 Å². The van der Waals surface area contributed by atoms with Gasteiger partial charge in [0.15, 0.2) is 0 Å². The second-order valence-corrected chi connectivity index (χ2v) is 8.00. The smallest absolute Gasteiger partial charge is 0.258 e. The second-order valence-electron chi connectivity index (χ2n) is 5.84. The van der Waals surface area contributed by atoms with Gasteiger partial charge in [-0.05, 0) is 43.2 Å². The molecular formula is C17H19N3O3S. The molecule has 0 N–H and O–H groups in total. The van der Waals surface area contributed by atoms with Crippen molar-refractivity contribution in [1.82, 2.24) is 9.29 Å². The molecule has 0 aliphatic carbocycles. The molecule has 126 valence electrons. The summed E-state index contributed by atoms with van der Waals surface area (Å²) in [4.78, 5) is 19.0. The minimum absolute atomic E-state index is 0.113. The van der Waals surface area contributed by atoms with Crippen LogP contribution in [0, 0.1) is 0 Å². The van der Waals surface area contributed by atoms with E-state index < -0.39 is 10.0 Å². The fourth-order valence-electron chi connectivity index (χ4n) is 2.76. The fraction of sp³-hybridized carbons (Fsp3) is 0.294. The standard InChI is InChI=1S/C17H19N3O3S/c1-19(2)24(22,23)14-7-3-6-13(12-14)17(21)20-11-5-8-15-16(20)9-4-10-18-15/h3-4,6-7,9-10,12H,5,8,11H2,1-2H3. The normalized spacial score (nSPS) is 14.5. The molecule has 7 heteroatoms. The SMILES string of the molecule is CN(C)S(=O)(=O)c1cccc(C(=O)N2CCCc3ncccc32)c1. The van der Waals surface area contributed by atoms with Crippen LogP contribution in [-0.4, -0.2) is 44.3 Å². The lowest BCUT2D eigenvalue weighted by Gasteiger charge is -2.28. The molecule has 6 nitrogen and oxygen atoms in total. The van der Waals surface area contributed by atoms with Crippen LogP contribution in [0.2, 0.25) is 0 Å². The zero-order chi connectivity index (χ0) is 17.3. The van der Waals surface area contributed by atoms with E-state index in [0.717, 1.165) is 28.5 Å². The molecule has 1 amide bonds. The predicted octanol–water partition coefficient (Wildman–Crippen LogP) is 1.92. The number of fused-ring (bicyclic) bond motifs is 1. The summed E-state index contributed by atoms with van der Waals surface area (Å²) in [6.07, 6.45) is 3.40. The zero-order valence-electron chi connectivity index (χ0n) is 13.6. The van der Waals surface area contributed by atoms with Crippen molar-refractivity contribution >= 4 is 21.6 Å². The average molecular weight is 345 g/mol. The molecule has 2 heterocycles. The first-order valence-electron chi connectivity index (χ1n) is 7.69. The molecule has 3 rings (SSSR count). The van der Waals surface area contributed by atoms with Crippen molar-refractivity contribution in [2.24, 2.45) is 0 Å². The Morgan fingerprint density at radius 2 is 2.00 bits per heavy atom. The zero-order valence-corrected chi connectivity index (χ0v) is 14.5. The molecule has 0 atom stereocenters. The highest BCUT2D eigenvalue weighted by molar-refractivity contribution is 7.89. The third kappa shape index (κ3) is 2.92. The van der Waals surface area contributed by atoms with Gasteiger partial charge in [0.25, 0.3) is 5.91 Å². The van der Waals surface area contributed by atoms with E-state index in [-0.39, 0.29) is 10.8 Å². The molecule has 1 aliphatic rings. The molecule has 0 fully saturated rings. The first kappa shape index (κ1) is 16.6. The lowest BCUT2D eigenvalue weighted by Crippen LogP contribution is -2.36. The van der Waals surface area contributed by atoms with Crippen molar-refractivity contribution in [3.8, 4) is 0 Å². The number of amides is 1. The molecule has 2 aromatic rings. The van der Waals surface area contributed by atoms with E-state index in [4.69, 9.17) is 0 Å². The van der Waals surface area contributed by atoms with Gasteiger partial charge in [0.2, 0.25) is 10.0 Å². The molecule has 1 aromatic carbocycles. The number of carbonyl (C=O) groups is 1. The summed E-state index contributed by atoms with van der Waals surface area (Å²) in [5.41, 5.74) is 2.05. The largest absolute Gasteiger partial charge is 0.307 e. The first-order chi connectivity index (χ1) is 11.4. The minimum Gasteiger partial charge on any atom is -0.307 e. The van der Waals surface area contributed by atoms with Gasteiger partial charge < -0.3 is 4.90 Å².